The fourth-order valence-electron chi connectivity index (χ4n) is 2.44. The fraction of sp³-hybridized carbons (Fsp3) is 0.364. The molecule has 2 amide bonds. The molecular weight excluding hydrogens is 372 g/mol. The molecule has 7 heteroatoms. The van der Waals surface area contributed by atoms with Crippen LogP contribution in [0, 0.1) is 0 Å². The first-order valence-corrected chi connectivity index (χ1v) is 9.34. The van der Waals surface area contributed by atoms with Crippen molar-refractivity contribution in [2.75, 3.05) is 37.6 Å². The monoisotopic (exact) mass is 400 g/mol. The Bertz CT molecular complexity index is 813. The summed E-state index contributed by atoms with van der Waals surface area (Å²) in [6.07, 6.45) is -0.590. The lowest BCUT2D eigenvalue weighted by Gasteiger charge is -2.19. The number of hydrogen-bond donors (Lipinski definition) is 2. The predicted molar refractivity (Wildman–Crippen MR) is 113 cm³/mol. The Morgan fingerprint density at radius 1 is 0.931 bits per heavy atom. The summed E-state index contributed by atoms with van der Waals surface area (Å²) in [6, 6.07) is 14.5. The zero-order valence-corrected chi connectivity index (χ0v) is 17.3. The van der Waals surface area contributed by atoms with Crippen LogP contribution in [0.5, 0.6) is 5.75 Å². The van der Waals surface area contributed by atoms with Crippen LogP contribution in [0.15, 0.2) is 48.5 Å². The van der Waals surface area contributed by atoms with Crippen molar-refractivity contribution in [1.82, 2.24) is 0 Å². The average Bonchev–Trinajstić information content (AvgIpc) is 2.66. The Balaban J connectivity index is 1.83. The number of methoxy groups -OCH3 is 1. The number of carbonyl (C=O) groups excluding carboxylic acids is 2. The normalized spacial score (nSPS) is 10.9. The summed E-state index contributed by atoms with van der Waals surface area (Å²) in [5, 5.41) is 5.33. The fourth-order valence-corrected chi connectivity index (χ4v) is 2.44. The van der Waals surface area contributed by atoms with Crippen molar-refractivity contribution in [3.8, 4) is 5.75 Å². The second-order valence-electron chi connectivity index (χ2n) is 7.45. The zero-order chi connectivity index (χ0) is 21.3. The van der Waals surface area contributed by atoms with Crippen LogP contribution in [0.1, 0.15) is 26.3 Å². The molecule has 2 aromatic rings. The topological polar surface area (TPSA) is 85.9 Å². The van der Waals surface area contributed by atoms with Gasteiger partial charge in [-0.3, -0.25) is 10.1 Å². The second kappa shape index (κ2) is 10.5. The van der Waals surface area contributed by atoms with Gasteiger partial charge in [-0.2, -0.15) is 0 Å². The van der Waals surface area contributed by atoms with Gasteiger partial charge in [0.25, 0.3) is 5.91 Å². The van der Waals surface area contributed by atoms with E-state index in [-0.39, 0.29) is 24.5 Å². The lowest BCUT2D eigenvalue weighted by Crippen LogP contribution is -2.20. The van der Waals surface area contributed by atoms with E-state index in [9.17, 15) is 9.59 Å². The molecule has 29 heavy (non-hydrogen) atoms. The largest absolute Gasteiger partial charge is 0.484 e. The molecule has 0 unspecified atom stereocenters. The molecule has 0 aromatic heterocycles. The van der Waals surface area contributed by atoms with Gasteiger partial charge >= 0.3 is 6.09 Å². The first-order valence-electron chi connectivity index (χ1n) is 9.34. The molecule has 7 nitrogen and oxygen atoms in total. The van der Waals surface area contributed by atoms with Crippen molar-refractivity contribution in [3.05, 3.63) is 54.1 Å². The maximum absolute atomic E-state index is 12.2. The molecule has 0 spiro atoms. The third-order valence-electron chi connectivity index (χ3n) is 4.00. The lowest BCUT2D eigenvalue weighted by atomic mass is 9.87. The van der Waals surface area contributed by atoms with Gasteiger partial charge in [-0.1, -0.05) is 39.0 Å². The molecule has 0 aliphatic rings. The minimum absolute atomic E-state index is 0.0607. The van der Waals surface area contributed by atoms with Gasteiger partial charge in [0.15, 0.2) is 6.61 Å². The van der Waals surface area contributed by atoms with Crippen LogP contribution in [0.3, 0.4) is 0 Å². The van der Waals surface area contributed by atoms with Crippen molar-refractivity contribution in [3.63, 3.8) is 0 Å². The first-order chi connectivity index (χ1) is 13.8. The van der Waals surface area contributed by atoms with E-state index in [1.165, 1.54) is 12.7 Å². The smallest absolute Gasteiger partial charge is 0.411 e. The van der Waals surface area contributed by atoms with E-state index in [4.69, 9.17) is 14.2 Å². The number of rotatable bonds is 8. The molecule has 0 aliphatic heterocycles. The molecule has 2 aromatic carbocycles. The molecule has 156 valence electrons. The number of carbonyl (C=O) groups is 2. The molecular formula is C22H28N2O5. The minimum Gasteiger partial charge on any atom is -0.484 e. The molecule has 2 rings (SSSR count). The van der Waals surface area contributed by atoms with Gasteiger partial charge in [-0.15, -0.1) is 0 Å². The summed E-state index contributed by atoms with van der Waals surface area (Å²) >= 11 is 0. The van der Waals surface area contributed by atoms with E-state index >= 15 is 0 Å². The van der Waals surface area contributed by atoms with Crippen LogP contribution < -0.4 is 15.4 Å². The van der Waals surface area contributed by atoms with Crippen molar-refractivity contribution in [1.29, 1.82) is 0 Å². The van der Waals surface area contributed by atoms with Crippen LogP contribution in [-0.4, -0.2) is 38.9 Å². The third kappa shape index (κ3) is 7.83. The summed E-state index contributed by atoms with van der Waals surface area (Å²) in [5.41, 5.74) is 2.30. The molecule has 0 bridgehead atoms. The Hall–Kier alpha value is -3.06. The SMILES string of the molecule is COCCOC(=O)Nc1cccc(NC(=O)COc2ccc(C(C)(C)C)cc2)c1. The number of hydrogen-bond acceptors (Lipinski definition) is 5. The minimum atomic E-state index is -0.590. The van der Waals surface area contributed by atoms with Crippen LogP contribution >= 0.6 is 0 Å². The van der Waals surface area contributed by atoms with E-state index in [0.29, 0.717) is 23.7 Å². The zero-order valence-electron chi connectivity index (χ0n) is 17.3. The van der Waals surface area contributed by atoms with Gasteiger partial charge in [-0.25, -0.2) is 4.79 Å². The summed E-state index contributed by atoms with van der Waals surface area (Å²) < 4.78 is 15.3. The van der Waals surface area contributed by atoms with E-state index in [1.54, 1.807) is 24.3 Å². The van der Waals surface area contributed by atoms with Crippen molar-refractivity contribution in [2.45, 2.75) is 26.2 Å². The van der Waals surface area contributed by atoms with E-state index in [2.05, 4.69) is 31.4 Å². The Morgan fingerprint density at radius 3 is 2.21 bits per heavy atom. The van der Waals surface area contributed by atoms with Gasteiger partial charge < -0.3 is 19.5 Å². The second-order valence-corrected chi connectivity index (χ2v) is 7.45. The Labute approximate surface area is 171 Å². The van der Waals surface area contributed by atoms with Gasteiger partial charge in [0.1, 0.15) is 12.4 Å². The number of ether oxygens (including phenoxy) is 3. The summed E-state index contributed by atoms with van der Waals surface area (Å²) in [4.78, 5) is 23.8. The maximum atomic E-state index is 12.2. The molecule has 0 atom stereocenters. The summed E-state index contributed by atoms with van der Waals surface area (Å²) in [6.45, 7) is 6.77. The summed E-state index contributed by atoms with van der Waals surface area (Å²) in [7, 11) is 1.53. The van der Waals surface area contributed by atoms with Crippen molar-refractivity contribution >= 4 is 23.4 Å². The summed E-state index contributed by atoms with van der Waals surface area (Å²) in [5.74, 6) is 0.326. The van der Waals surface area contributed by atoms with Gasteiger partial charge in [0.05, 0.1) is 6.61 Å². The van der Waals surface area contributed by atoms with E-state index in [0.717, 1.165) is 0 Å². The van der Waals surface area contributed by atoms with Crippen LogP contribution in [0.2, 0.25) is 0 Å². The molecule has 0 saturated heterocycles. The highest BCUT2D eigenvalue weighted by molar-refractivity contribution is 5.93. The number of amides is 2. The number of anilines is 2. The average molecular weight is 400 g/mol. The molecule has 0 fully saturated rings. The Kier molecular flexibility index (Phi) is 8.03. The van der Waals surface area contributed by atoms with Crippen LogP contribution in [-0.2, 0) is 19.7 Å². The lowest BCUT2D eigenvalue weighted by molar-refractivity contribution is -0.118. The van der Waals surface area contributed by atoms with Crippen molar-refractivity contribution < 1.29 is 23.8 Å². The quantitative estimate of drug-likeness (QED) is 0.649. The number of benzene rings is 2. The van der Waals surface area contributed by atoms with Gasteiger partial charge in [0, 0.05) is 18.5 Å². The first kappa shape index (κ1) is 22.2. The van der Waals surface area contributed by atoms with Crippen LogP contribution in [0.4, 0.5) is 16.2 Å². The van der Waals surface area contributed by atoms with Crippen LogP contribution in [0.25, 0.3) is 0 Å². The molecule has 0 radical (unpaired) electrons. The highest BCUT2D eigenvalue weighted by atomic mass is 16.6. The van der Waals surface area contributed by atoms with Gasteiger partial charge in [-0.05, 0) is 41.3 Å². The number of nitrogens with one attached hydrogen (secondary N) is 2. The highest BCUT2D eigenvalue weighted by Crippen LogP contribution is 2.24. The van der Waals surface area contributed by atoms with E-state index in [1.807, 2.05) is 24.3 Å². The van der Waals surface area contributed by atoms with Crippen molar-refractivity contribution in [2.24, 2.45) is 0 Å². The predicted octanol–water partition coefficient (Wildman–Crippen LogP) is 4.20. The molecule has 0 aliphatic carbocycles. The molecule has 0 heterocycles. The van der Waals surface area contributed by atoms with Gasteiger partial charge in [0.2, 0.25) is 0 Å². The Morgan fingerprint density at radius 2 is 1.59 bits per heavy atom. The maximum Gasteiger partial charge on any atom is 0.411 e. The highest BCUT2D eigenvalue weighted by Gasteiger charge is 2.13. The standard InChI is InChI=1S/C22H28N2O5/c1-22(2,3)16-8-10-19(11-9-16)29-15-20(25)23-17-6-5-7-18(14-17)24-21(26)28-13-12-27-4/h5-11,14H,12-13,15H2,1-4H3,(H,23,25)(H,24,26). The molecule has 2 N–H and O–H groups in total. The van der Waals surface area contributed by atoms with E-state index < -0.39 is 6.09 Å². The third-order valence-corrected chi connectivity index (χ3v) is 4.00. The molecule has 0 saturated carbocycles.